The summed E-state index contributed by atoms with van der Waals surface area (Å²) in [5, 5.41) is 0. The van der Waals surface area contributed by atoms with E-state index in [4.69, 9.17) is 0 Å². The van der Waals surface area contributed by atoms with Crippen LogP contribution in [-0.4, -0.2) is 9.97 Å². The Labute approximate surface area is 120 Å². The van der Waals surface area contributed by atoms with E-state index in [2.05, 4.69) is 38.0 Å². The predicted octanol–water partition coefficient (Wildman–Crippen LogP) is 3.30. The number of halogens is 1. The first-order valence-corrected chi connectivity index (χ1v) is 7.25. The molecule has 1 N–H and O–H groups in total. The van der Waals surface area contributed by atoms with Crippen molar-refractivity contribution in [2.24, 2.45) is 0 Å². The maximum atomic E-state index is 12.0. The number of H-pyrrole nitrogens is 1. The van der Waals surface area contributed by atoms with Crippen LogP contribution in [0.3, 0.4) is 0 Å². The van der Waals surface area contributed by atoms with Gasteiger partial charge < -0.3 is 4.98 Å². The lowest BCUT2D eigenvalue weighted by Gasteiger charge is -2.08. The molecule has 19 heavy (non-hydrogen) atoms. The summed E-state index contributed by atoms with van der Waals surface area (Å²) in [5.41, 5.74) is 5.14. The fraction of sp³-hybridized carbons (Fsp3) is 0.333. The molecule has 0 radical (unpaired) electrons. The van der Waals surface area contributed by atoms with Crippen molar-refractivity contribution in [1.82, 2.24) is 9.97 Å². The minimum Gasteiger partial charge on any atom is -0.306 e. The maximum absolute atomic E-state index is 12.0. The molecule has 0 atom stereocenters. The van der Waals surface area contributed by atoms with Gasteiger partial charge in [-0.05, 0) is 56.4 Å². The van der Waals surface area contributed by atoms with Crippen molar-refractivity contribution >= 4 is 15.9 Å². The summed E-state index contributed by atoms with van der Waals surface area (Å²) in [5.74, 6) is 0.685. The Morgan fingerprint density at radius 1 is 1.21 bits per heavy atom. The van der Waals surface area contributed by atoms with Crippen LogP contribution in [0.25, 0.3) is 11.4 Å². The highest BCUT2D eigenvalue weighted by atomic mass is 79.9. The van der Waals surface area contributed by atoms with Crippen LogP contribution >= 0.6 is 15.9 Å². The van der Waals surface area contributed by atoms with E-state index in [1.807, 2.05) is 13.8 Å². The normalized spacial score (nSPS) is 13.6. The fourth-order valence-corrected chi connectivity index (χ4v) is 2.89. The van der Waals surface area contributed by atoms with Crippen LogP contribution in [0.2, 0.25) is 0 Å². The van der Waals surface area contributed by atoms with Gasteiger partial charge in [-0.3, -0.25) is 4.79 Å². The van der Waals surface area contributed by atoms with Gasteiger partial charge >= 0.3 is 0 Å². The Bertz CT molecular complexity index is 696. The molecule has 0 saturated carbocycles. The molecule has 4 heteroatoms. The zero-order chi connectivity index (χ0) is 13.6. The lowest BCUT2D eigenvalue weighted by atomic mass is 10.1. The Balaban J connectivity index is 2.18. The molecule has 2 aromatic rings. The molecule has 1 aromatic carbocycles. The van der Waals surface area contributed by atoms with Crippen LogP contribution in [0.5, 0.6) is 0 Å². The summed E-state index contributed by atoms with van der Waals surface area (Å²) in [6, 6.07) is 4.10. The third kappa shape index (κ3) is 2.14. The van der Waals surface area contributed by atoms with Gasteiger partial charge in [-0.1, -0.05) is 15.9 Å². The van der Waals surface area contributed by atoms with Crippen LogP contribution in [0.1, 0.15) is 28.8 Å². The number of fused-ring (bicyclic) bond motifs is 1. The van der Waals surface area contributed by atoms with Gasteiger partial charge in [-0.25, -0.2) is 4.98 Å². The third-order valence-electron chi connectivity index (χ3n) is 3.65. The van der Waals surface area contributed by atoms with Crippen molar-refractivity contribution in [3.05, 3.63) is 49.3 Å². The van der Waals surface area contributed by atoms with E-state index in [0.29, 0.717) is 5.82 Å². The molecular weight excluding hydrogens is 304 g/mol. The molecular formula is C15H15BrN2O. The van der Waals surface area contributed by atoms with Gasteiger partial charge in [-0.2, -0.15) is 0 Å². The number of hydrogen-bond donors (Lipinski definition) is 1. The first kappa shape index (κ1) is 12.6. The fourth-order valence-electron chi connectivity index (χ4n) is 2.66. The Morgan fingerprint density at radius 3 is 2.58 bits per heavy atom. The number of aromatic amines is 1. The van der Waals surface area contributed by atoms with Crippen LogP contribution in [0, 0.1) is 13.8 Å². The molecule has 1 aromatic heterocycles. The van der Waals surface area contributed by atoms with Crippen molar-refractivity contribution in [2.45, 2.75) is 33.1 Å². The molecule has 1 aliphatic carbocycles. The standard InChI is InChI=1S/C15H15BrN2O/c1-8-6-10(7-9(2)13(8)16)14-17-12-5-3-4-11(12)15(19)18-14/h6-7H,3-5H2,1-2H3,(H,17,18,19). The van der Waals surface area contributed by atoms with Gasteiger partial charge in [0.1, 0.15) is 5.82 Å². The van der Waals surface area contributed by atoms with E-state index < -0.39 is 0 Å². The zero-order valence-electron chi connectivity index (χ0n) is 11.0. The van der Waals surface area contributed by atoms with Crippen molar-refractivity contribution in [3.8, 4) is 11.4 Å². The molecule has 98 valence electrons. The predicted molar refractivity (Wildman–Crippen MR) is 79.5 cm³/mol. The second-order valence-electron chi connectivity index (χ2n) is 5.12. The molecule has 1 aliphatic rings. The molecule has 0 aliphatic heterocycles. The number of rotatable bonds is 1. The highest BCUT2D eigenvalue weighted by molar-refractivity contribution is 9.10. The van der Waals surface area contributed by atoms with Crippen LogP contribution in [-0.2, 0) is 12.8 Å². The third-order valence-corrected chi connectivity index (χ3v) is 4.90. The van der Waals surface area contributed by atoms with Gasteiger partial charge in [0, 0.05) is 15.6 Å². The largest absolute Gasteiger partial charge is 0.306 e. The number of benzene rings is 1. The zero-order valence-corrected chi connectivity index (χ0v) is 12.6. The van der Waals surface area contributed by atoms with Crippen molar-refractivity contribution in [3.63, 3.8) is 0 Å². The maximum Gasteiger partial charge on any atom is 0.254 e. The Hall–Kier alpha value is -1.42. The summed E-state index contributed by atoms with van der Waals surface area (Å²) in [7, 11) is 0. The van der Waals surface area contributed by atoms with E-state index in [9.17, 15) is 4.79 Å². The monoisotopic (exact) mass is 318 g/mol. The van der Waals surface area contributed by atoms with Gasteiger partial charge in [0.15, 0.2) is 0 Å². The lowest BCUT2D eigenvalue weighted by Crippen LogP contribution is -2.15. The number of aromatic nitrogens is 2. The summed E-state index contributed by atoms with van der Waals surface area (Å²) in [4.78, 5) is 19.6. The average molecular weight is 319 g/mol. The molecule has 1 heterocycles. The minimum atomic E-state index is 0.0238. The molecule has 0 bridgehead atoms. The van der Waals surface area contributed by atoms with Crippen LogP contribution < -0.4 is 5.56 Å². The number of hydrogen-bond acceptors (Lipinski definition) is 2. The second kappa shape index (κ2) is 4.60. The summed E-state index contributed by atoms with van der Waals surface area (Å²) in [6.45, 7) is 4.10. The first-order valence-electron chi connectivity index (χ1n) is 6.45. The highest BCUT2D eigenvalue weighted by Gasteiger charge is 2.18. The van der Waals surface area contributed by atoms with Crippen LogP contribution in [0.4, 0.5) is 0 Å². The molecule has 0 fully saturated rings. The Kier molecular flexibility index (Phi) is 3.05. The van der Waals surface area contributed by atoms with Gasteiger partial charge in [-0.15, -0.1) is 0 Å². The number of nitrogens with one attached hydrogen (secondary N) is 1. The number of aryl methyl sites for hydroxylation is 3. The van der Waals surface area contributed by atoms with E-state index in [-0.39, 0.29) is 5.56 Å². The van der Waals surface area contributed by atoms with E-state index in [0.717, 1.165) is 51.7 Å². The summed E-state index contributed by atoms with van der Waals surface area (Å²) < 4.78 is 1.11. The minimum absolute atomic E-state index is 0.0238. The Morgan fingerprint density at radius 2 is 1.89 bits per heavy atom. The second-order valence-corrected chi connectivity index (χ2v) is 5.91. The molecule has 3 rings (SSSR count). The smallest absolute Gasteiger partial charge is 0.254 e. The summed E-state index contributed by atoms with van der Waals surface area (Å²) >= 11 is 3.56. The first-order chi connectivity index (χ1) is 9.06. The molecule has 0 spiro atoms. The molecule has 3 nitrogen and oxygen atoms in total. The molecule has 0 saturated heterocycles. The average Bonchev–Trinajstić information content (AvgIpc) is 2.84. The van der Waals surface area contributed by atoms with Gasteiger partial charge in [0.2, 0.25) is 0 Å². The topological polar surface area (TPSA) is 45.8 Å². The van der Waals surface area contributed by atoms with E-state index >= 15 is 0 Å². The number of nitrogens with zero attached hydrogens (tertiary/aromatic N) is 1. The lowest BCUT2D eigenvalue weighted by molar-refractivity contribution is 0.899. The highest BCUT2D eigenvalue weighted by Crippen LogP contribution is 2.27. The van der Waals surface area contributed by atoms with Crippen LogP contribution in [0.15, 0.2) is 21.4 Å². The van der Waals surface area contributed by atoms with Gasteiger partial charge in [0.25, 0.3) is 5.56 Å². The summed E-state index contributed by atoms with van der Waals surface area (Å²) in [6.07, 6.45) is 2.81. The molecule has 0 unspecified atom stereocenters. The van der Waals surface area contributed by atoms with Gasteiger partial charge in [0.05, 0.1) is 5.69 Å². The van der Waals surface area contributed by atoms with E-state index in [1.54, 1.807) is 0 Å². The molecule has 0 amide bonds. The SMILES string of the molecule is Cc1cc(-c2nc3c(c(=O)[nH]2)CCC3)cc(C)c1Br. The van der Waals surface area contributed by atoms with Crippen molar-refractivity contribution in [1.29, 1.82) is 0 Å². The van der Waals surface area contributed by atoms with E-state index in [1.165, 1.54) is 0 Å². The quantitative estimate of drug-likeness (QED) is 0.876. The van der Waals surface area contributed by atoms with Crippen molar-refractivity contribution in [2.75, 3.05) is 0 Å². The van der Waals surface area contributed by atoms with Crippen molar-refractivity contribution < 1.29 is 0 Å².